The molecule has 7 nitrogen and oxygen atoms in total. The van der Waals surface area contributed by atoms with E-state index in [2.05, 4.69) is 46.7 Å². The summed E-state index contributed by atoms with van der Waals surface area (Å²) >= 11 is 6.88. The molecule has 2 aliphatic heterocycles. The lowest BCUT2D eigenvalue weighted by Crippen LogP contribution is -2.41. The number of aromatic nitrogens is 4. The van der Waals surface area contributed by atoms with Gasteiger partial charge in [-0.3, -0.25) is 9.58 Å². The van der Waals surface area contributed by atoms with Gasteiger partial charge in [-0.1, -0.05) is 0 Å². The molecule has 0 saturated carbocycles. The van der Waals surface area contributed by atoms with E-state index < -0.39 is 5.60 Å². The van der Waals surface area contributed by atoms with Crippen LogP contribution in [-0.2, 0) is 24.2 Å². The molecule has 1 amide bonds. The van der Waals surface area contributed by atoms with Crippen LogP contribution in [0.2, 0.25) is 0 Å². The average Bonchev–Trinajstić information content (AvgIpc) is 3.18. The summed E-state index contributed by atoms with van der Waals surface area (Å²) in [7, 11) is 0. The fourth-order valence-corrected chi connectivity index (χ4v) is 4.16. The standard InChI is InChI=1S/C11H16BrN3O2.C7H9BrN2/c1-11(2,3)17-10(16)14-5-4-6-15-9(14)8(12)7-13-15;8-6-5-9-10-4-2-1-3-7(6)10/h7H,4-6H2,1-3H3;5H,1-4H2. The Morgan fingerprint density at radius 1 is 1.00 bits per heavy atom. The molecule has 148 valence electrons. The lowest BCUT2D eigenvalue weighted by atomic mass is 10.1. The maximum absolute atomic E-state index is 12.1. The summed E-state index contributed by atoms with van der Waals surface area (Å²) in [6.07, 6.45) is 7.94. The monoisotopic (exact) mass is 501 g/mol. The van der Waals surface area contributed by atoms with Crippen molar-refractivity contribution in [2.75, 3.05) is 11.4 Å². The first kappa shape index (κ1) is 20.4. The number of ether oxygens (including phenoxy) is 1. The minimum absolute atomic E-state index is 0.320. The molecule has 0 fully saturated rings. The highest BCUT2D eigenvalue weighted by atomic mass is 79.9. The summed E-state index contributed by atoms with van der Waals surface area (Å²) in [6.45, 7) is 8.18. The van der Waals surface area contributed by atoms with E-state index >= 15 is 0 Å². The zero-order valence-corrected chi connectivity index (χ0v) is 19.1. The molecule has 0 atom stereocenters. The van der Waals surface area contributed by atoms with E-state index in [-0.39, 0.29) is 6.09 Å². The molecule has 27 heavy (non-hydrogen) atoms. The molecule has 2 aromatic rings. The SMILES string of the molecule is Brc1cnn2c1CCCC2.CC(C)(C)OC(=O)N1CCCn2ncc(Br)c21. The summed E-state index contributed by atoms with van der Waals surface area (Å²) in [6, 6.07) is 0. The van der Waals surface area contributed by atoms with Crippen molar-refractivity contribution in [2.24, 2.45) is 0 Å². The van der Waals surface area contributed by atoms with Crippen LogP contribution in [0.1, 0.15) is 45.7 Å². The predicted molar refractivity (Wildman–Crippen MR) is 111 cm³/mol. The molecular weight excluding hydrogens is 478 g/mol. The fraction of sp³-hybridized carbons (Fsp3) is 0.611. The van der Waals surface area contributed by atoms with Crippen molar-refractivity contribution < 1.29 is 9.53 Å². The number of hydrogen-bond acceptors (Lipinski definition) is 4. The molecule has 0 saturated heterocycles. The van der Waals surface area contributed by atoms with E-state index in [9.17, 15) is 4.79 Å². The summed E-state index contributed by atoms with van der Waals surface area (Å²) in [5, 5.41) is 8.43. The van der Waals surface area contributed by atoms with Gasteiger partial charge in [-0.15, -0.1) is 0 Å². The highest BCUT2D eigenvalue weighted by molar-refractivity contribution is 9.10. The van der Waals surface area contributed by atoms with Crippen LogP contribution in [0.4, 0.5) is 10.6 Å². The molecule has 0 bridgehead atoms. The topological polar surface area (TPSA) is 65.2 Å². The van der Waals surface area contributed by atoms with E-state index in [4.69, 9.17) is 4.74 Å². The first-order valence-electron chi connectivity index (χ1n) is 9.18. The van der Waals surface area contributed by atoms with Gasteiger partial charge in [0.2, 0.25) is 0 Å². The lowest BCUT2D eigenvalue weighted by molar-refractivity contribution is 0.0572. The number of fused-ring (bicyclic) bond motifs is 2. The van der Waals surface area contributed by atoms with E-state index in [1.807, 2.05) is 31.6 Å². The van der Waals surface area contributed by atoms with E-state index in [1.54, 1.807) is 11.1 Å². The summed E-state index contributed by atoms with van der Waals surface area (Å²) in [5.74, 6) is 0.783. The van der Waals surface area contributed by atoms with Crippen molar-refractivity contribution in [1.82, 2.24) is 19.6 Å². The van der Waals surface area contributed by atoms with Crippen molar-refractivity contribution in [3.05, 3.63) is 27.0 Å². The van der Waals surface area contributed by atoms with Crippen molar-refractivity contribution >= 4 is 43.8 Å². The van der Waals surface area contributed by atoms with Gasteiger partial charge < -0.3 is 4.74 Å². The summed E-state index contributed by atoms with van der Waals surface area (Å²) < 4.78 is 11.3. The molecule has 0 radical (unpaired) electrons. The first-order chi connectivity index (χ1) is 12.8. The van der Waals surface area contributed by atoms with Crippen molar-refractivity contribution in [2.45, 2.75) is 65.1 Å². The molecule has 2 aliphatic rings. The summed E-state index contributed by atoms with van der Waals surface area (Å²) in [5.41, 5.74) is 0.887. The number of rotatable bonds is 0. The van der Waals surface area contributed by atoms with Crippen molar-refractivity contribution in [3.63, 3.8) is 0 Å². The minimum atomic E-state index is -0.480. The zero-order valence-electron chi connectivity index (χ0n) is 15.9. The second-order valence-electron chi connectivity index (χ2n) is 7.64. The normalized spacial score (nSPS) is 16.1. The van der Waals surface area contributed by atoms with Crippen LogP contribution < -0.4 is 4.90 Å². The van der Waals surface area contributed by atoms with E-state index in [0.717, 1.165) is 29.8 Å². The third-order valence-electron chi connectivity index (χ3n) is 4.32. The first-order valence-corrected chi connectivity index (χ1v) is 10.8. The highest BCUT2D eigenvalue weighted by Gasteiger charge is 2.29. The molecule has 0 spiro atoms. The van der Waals surface area contributed by atoms with Gasteiger partial charge in [0.05, 0.1) is 27.0 Å². The number of carbonyl (C=O) groups is 1. The Morgan fingerprint density at radius 3 is 2.37 bits per heavy atom. The van der Waals surface area contributed by atoms with Gasteiger partial charge in [0, 0.05) is 19.6 Å². The third kappa shape index (κ3) is 4.93. The summed E-state index contributed by atoms with van der Waals surface area (Å²) in [4.78, 5) is 13.7. The van der Waals surface area contributed by atoms with Gasteiger partial charge in [-0.2, -0.15) is 10.2 Å². The third-order valence-corrected chi connectivity index (χ3v) is 5.54. The van der Waals surface area contributed by atoms with Gasteiger partial charge in [0.25, 0.3) is 0 Å². The molecule has 4 rings (SSSR count). The van der Waals surface area contributed by atoms with Gasteiger partial charge in [0.1, 0.15) is 5.60 Å². The molecule has 0 aliphatic carbocycles. The fourth-order valence-electron chi connectivity index (χ4n) is 3.15. The van der Waals surface area contributed by atoms with Crippen LogP contribution in [0.25, 0.3) is 0 Å². The second kappa shape index (κ2) is 8.34. The Hall–Kier alpha value is -1.35. The molecule has 4 heterocycles. The Morgan fingerprint density at radius 2 is 1.67 bits per heavy atom. The Labute approximate surface area is 176 Å². The largest absolute Gasteiger partial charge is 0.443 e. The predicted octanol–water partition coefficient (Wildman–Crippen LogP) is 4.77. The molecule has 9 heteroatoms. The lowest BCUT2D eigenvalue weighted by Gasteiger charge is -2.30. The number of hydrogen-bond donors (Lipinski definition) is 0. The number of carbonyl (C=O) groups excluding carboxylic acids is 1. The second-order valence-corrected chi connectivity index (χ2v) is 9.35. The van der Waals surface area contributed by atoms with Crippen molar-refractivity contribution in [1.29, 1.82) is 0 Å². The smallest absolute Gasteiger partial charge is 0.416 e. The van der Waals surface area contributed by atoms with Gasteiger partial charge in [-0.25, -0.2) is 9.48 Å². The number of amides is 1. The number of nitrogens with zero attached hydrogens (tertiary/aromatic N) is 5. The van der Waals surface area contributed by atoms with Crippen LogP contribution in [-0.4, -0.2) is 37.8 Å². The van der Waals surface area contributed by atoms with Crippen LogP contribution in [0.3, 0.4) is 0 Å². The van der Waals surface area contributed by atoms with Gasteiger partial charge in [0.15, 0.2) is 5.82 Å². The Bertz CT molecular complexity index is 809. The zero-order chi connectivity index (χ0) is 19.6. The van der Waals surface area contributed by atoms with Gasteiger partial charge in [-0.05, 0) is 78.3 Å². The van der Waals surface area contributed by atoms with E-state index in [0.29, 0.717) is 6.54 Å². The van der Waals surface area contributed by atoms with E-state index in [1.165, 1.54) is 29.4 Å². The molecule has 0 unspecified atom stereocenters. The Kier molecular flexibility index (Phi) is 6.30. The minimum Gasteiger partial charge on any atom is -0.443 e. The van der Waals surface area contributed by atoms with Crippen LogP contribution in [0.5, 0.6) is 0 Å². The highest BCUT2D eigenvalue weighted by Crippen LogP contribution is 2.30. The maximum atomic E-state index is 12.1. The number of aryl methyl sites for hydroxylation is 2. The van der Waals surface area contributed by atoms with Crippen molar-refractivity contribution in [3.8, 4) is 0 Å². The maximum Gasteiger partial charge on any atom is 0.416 e. The molecule has 0 N–H and O–H groups in total. The number of halogens is 2. The van der Waals surface area contributed by atoms with Crippen LogP contribution >= 0.6 is 31.9 Å². The Balaban J connectivity index is 0.000000177. The van der Waals surface area contributed by atoms with Gasteiger partial charge >= 0.3 is 6.09 Å². The quantitative estimate of drug-likeness (QED) is 0.520. The molecule has 0 aromatic carbocycles. The molecule has 2 aromatic heterocycles. The van der Waals surface area contributed by atoms with Crippen LogP contribution in [0.15, 0.2) is 21.3 Å². The number of anilines is 1. The molecular formula is C18H25Br2N5O2. The van der Waals surface area contributed by atoms with Crippen LogP contribution in [0, 0.1) is 0 Å². The average molecular weight is 503 g/mol.